The molecule has 0 saturated heterocycles. The van der Waals surface area contributed by atoms with Crippen LogP contribution in [0.15, 0.2) is 48.5 Å². The molecule has 1 atom stereocenters. The van der Waals surface area contributed by atoms with E-state index in [1.54, 1.807) is 16.7 Å². The zero-order chi connectivity index (χ0) is 22.2. The van der Waals surface area contributed by atoms with Crippen LogP contribution in [0.2, 0.25) is 0 Å². The van der Waals surface area contributed by atoms with Gasteiger partial charge in [-0.25, -0.2) is 4.79 Å². The van der Waals surface area contributed by atoms with Crippen molar-refractivity contribution in [2.75, 3.05) is 7.11 Å². The number of hydrogen-bond donors (Lipinski definition) is 2. The summed E-state index contributed by atoms with van der Waals surface area (Å²) < 4.78 is 12.3. The van der Waals surface area contributed by atoms with Gasteiger partial charge in [-0.05, 0) is 42.3 Å². The van der Waals surface area contributed by atoms with Crippen LogP contribution in [0.1, 0.15) is 64.5 Å². The molecule has 3 rings (SSSR count). The topological polar surface area (TPSA) is 80.9 Å². The molecule has 0 aliphatic rings. The lowest BCUT2D eigenvalue weighted by molar-refractivity contribution is 0.0606. The molecule has 166 valence electrons. The van der Waals surface area contributed by atoms with Crippen LogP contribution in [0.25, 0.3) is 5.69 Å². The highest BCUT2D eigenvalue weighted by molar-refractivity contribution is 7.13. The molecule has 0 radical (unpaired) electrons. The molecule has 1 unspecified atom stereocenters. The maximum absolute atomic E-state index is 11.6. The van der Waals surface area contributed by atoms with Crippen LogP contribution in [0.4, 0.5) is 0 Å². The second-order valence-electron chi connectivity index (χ2n) is 7.37. The van der Waals surface area contributed by atoms with E-state index in [1.807, 2.05) is 36.4 Å². The monoisotopic (exact) mass is 443 g/mol. The van der Waals surface area contributed by atoms with E-state index in [1.165, 1.54) is 18.4 Å². The number of unbranched alkanes of at least 4 members (excludes halogenated alkanes) is 2. The van der Waals surface area contributed by atoms with Gasteiger partial charge in [0.15, 0.2) is 5.88 Å². The number of aliphatic hydroxyl groups is 1. The number of hydrogen-bond acceptors (Lipinski definition) is 6. The van der Waals surface area contributed by atoms with E-state index in [2.05, 4.69) is 6.92 Å². The van der Waals surface area contributed by atoms with Crippen molar-refractivity contribution >= 4 is 17.3 Å². The van der Waals surface area contributed by atoms with Crippen LogP contribution in [-0.4, -0.2) is 27.9 Å². The van der Waals surface area contributed by atoms with Gasteiger partial charge in [0.25, 0.3) is 0 Å². The molecule has 3 aromatic rings. The quantitative estimate of drug-likeness (QED) is 0.308. The number of thiophene rings is 1. The fourth-order valence-electron chi connectivity index (χ4n) is 3.40. The molecule has 2 N–H and O–H groups in total. The molecule has 2 heterocycles. The second kappa shape index (κ2) is 11.1. The minimum atomic E-state index is -0.470. The zero-order valence-electron chi connectivity index (χ0n) is 17.9. The maximum atomic E-state index is 11.6. The van der Waals surface area contributed by atoms with Crippen LogP contribution in [0.3, 0.4) is 0 Å². The molecule has 0 fully saturated rings. The van der Waals surface area contributed by atoms with E-state index in [0.717, 1.165) is 47.5 Å². The number of esters is 1. The van der Waals surface area contributed by atoms with E-state index < -0.39 is 6.10 Å². The number of nitrogens with zero attached hydrogens (tertiary/aromatic N) is 1. The molecule has 1 aromatic carbocycles. The van der Waals surface area contributed by atoms with Gasteiger partial charge in [0.05, 0.1) is 32.1 Å². The maximum Gasteiger partial charge on any atom is 0.348 e. The van der Waals surface area contributed by atoms with E-state index in [9.17, 15) is 15.0 Å². The second-order valence-corrected chi connectivity index (χ2v) is 8.54. The molecule has 0 saturated carbocycles. The largest absolute Gasteiger partial charge is 0.494 e. The van der Waals surface area contributed by atoms with Gasteiger partial charge in [-0.1, -0.05) is 38.3 Å². The van der Waals surface area contributed by atoms with Crippen molar-refractivity contribution in [3.05, 3.63) is 69.5 Å². The van der Waals surface area contributed by atoms with E-state index >= 15 is 0 Å². The number of methoxy groups -OCH3 is 1. The van der Waals surface area contributed by atoms with Crippen molar-refractivity contribution in [3.63, 3.8) is 0 Å². The SMILES string of the molecule is CCCCCC(O)c1ccc(-n2c(O)ccc2COCc2ccc(C(=O)OC)s2)cc1. The highest BCUT2D eigenvalue weighted by Gasteiger charge is 2.13. The Morgan fingerprint density at radius 2 is 1.84 bits per heavy atom. The zero-order valence-corrected chi connectivity index (χ0v) is 18.7. The number of carbonyl (C=O) groups is 1. The molecular formula is C24H29NO5S. The lowest BCUT2D eigenvalue weighted by Crippen LogP contribution is -2.03. The first-order valence-corrected chi connectivity index (χ1v) is 11.3. The number of aliphatic hydroxyl groups excluding tert-OH is 1. The number of ether oxygens (including phenoxy) is 2. The third kappa shape index (κ3) is 5.97. The first kappa shape index (κ1) is 23.1. The molecule has 7 heteroatoms. The van der Waals surface area contributed by atoms with Gasteiger partial charge in [0.2, 0.25) is 0 Å². The Bertz CT molecular complexity index is 976. The highest BCUT2D eigenvalue weighted by Crippen LogP contribution is 2.26. The molecule has 0 amide bonds. The van der Waals surface area contributed by atoms with Crippen molar-refractivity contribution in [2.24, 2.45) is 0 Å². The summed E-state index contributed by atoms with van der Waals surface area (Å²) in [6, 6.07) is 14.6. The van der Waals surface area contributed by atoms with E-state index in [-0.39, 0.29) is 11.8 Å². The van der Waals surface area contributed by atoms with Gasteiger partial charge in [-0.2, -0.15) is 0 Å². The van der Waals surface area contributed by atoms with Gasteiger partial charge < -0.3 is 19.7 Å². The number of aromatic hydroxyl groups is 1. The van der Waals surface area contributed by atoms with Crippen molar-refractivity contribution < 1.29 is 24.5 Å². The minimum absolute atomic E-state index is 0.124. The molecule has 31 heavy (non-hydrogen) atoms. The van der Waals surface area contributed by atoms with Gasteiger partial charge in [-0.15, -0.1) is 11.3 Å². The summed E-state index contributed by atoms with van der Waals surface area (Å²) in [5, 5.41) is 20.7. The van der Waals surface area contributed by atoms with Crippen LogP contribution < -0.4 is 0 Å². The Morgan fingerprint density at radius 1 is 1.06 bits per heavy atom. The number of rotatable bonds is 11. The number of carbonyl (C=O) groups excluding carboxylic acids is 1. The molecule has 0 aliphatic heterocycles. The first-order valence-electron chi connectivity index (χ1n) is 10.5. The summed E-state index contributed by atoms with van der Waals surface area (Å²) in [6.07, 6.45) is 3.53. The normalized spacial score (nSPS) is 12.1. The standard InChI is InChI=1S/C24H29NO5S/c1-3-4-5-6-21(26)17-7-9-18(10-8-17)25-19(11-14-23(25)27)15-30-16-20-12-13-22(31-20)24(28)29-2/h7-14,21,26-27H,3-6,15-16H2,1-2H3. The van der Waals surface area contributed by atoms with Crippen LogP contribution in [0.5, 0.6) is 5.88 Å². The third-order valence-electron chi connectivity index (χ3n) is 5.10. The lowest BCUT2D eigenvalue weighted by atomic mass is 10.0. The van der Waals surface area contributed by atoms with E-state index in [0.29, 0.717) is 18.1 Å². The Morgan fingerprint density at radius 3 is 2.55 bits per heavy atom. The molecular weight excluding hydrogens is 414 g/mol. The van der Waals surface area contributed by atoms with Crippen LogP contribution in [-0.2, 0) is 22.7 Å². The fourth-order valence-corrected chi connectivity index (χ4v) is 4.26. The predicted molar refractivity (Wildman–Crippen MR) is 121 cm³/mol. The Hall–Kier alpha value is -2.61. The van der Waals surface area contributed by atoms with Crippen molar-refractivity contribution in [3.8, 4) is 11.6 Å². The average molecular weight is 444 g/mol. The third-order valence-corrected chi connectivity index (χ3v) is 6.14. The van der Waals surface area contributed by atoms with Gasteiger partial charge >= 0.3 is 5.97 Å². The van der Waals surface area contributed by atoms with Crippen molar-refractivity contribution in [1.29, 1.82) is 0 Å². The summed E-state index contributed by atoms with van der Waals surface area (Å²) in [6.45, 7) is 2.80. The van der Waals surface area contributed by atoms with Gasteiger partial charge in [0.1, 0.15) is 4.88 Å². The first-order chi connectivity index (χ1) is 15.0. The molecule has 0 aliphatic carbocycles. The Balaban J connectivity index is 1.62. The minimum Gasteiger partial charge on any atom is -0.494 e. The highest BCUT2D eigenvalue weighted by atomic mass is 32.1. The van der Waals surface area contributed by atoms with Crippen molar-refractivity contribution in [2.45, 2.75) is 51.9 Å². The molecule has 0 spiro atoms. The lowest BCUT2D eigenvalue weighted by Gasteiger charge is -2.14. The smallest absolute Gasteiger partial charge is 0.348 e. The molecule has 6 nitrogen and oxygen atoms in total. The number of benzene rings is 1. The summed E-state index contributed by atoms with van der Waals surface area (Å²) >= 11 is 1.34. The Kier molecular flexibility index (Phi) is 8.28. The van der Waals surface area contributed by atoms with Gasteiger partial charge in [-0.3, -0.25) is 4.57 Å². The summed E-state index contributed by atoms with van der Waals surface area (Å²) in [7, 11) is 1.36. The van der Waals surface area contributed by atoms with Gasteiger partial charge in [0, 0.05) is 16.6 Å². The Labute approximate surface area is 186 Å². The fraction of sp³-hybridized carbons (Fsp3) is 0.375. The number of aromatic nitrogens is 1. The predicted octanol–water partition coefficient (Wildman–Crippen LogP) is 5.36. The summed E-state index contributed by atoms with van der Waals surface area (Å²) in [4.78, 5) is 13.0. The summed E-state index contributed by atoms with van der Waals surface area (Å²) in [5.41, 5.74) is 2.48. The van der Waals surface area contributed by atoms with Crippen LogP contribution in [0, 0.1) is 0 Å². The van der Waals surface area contributed by atoms with Crippen molar-refractivity contribution in [1.82, 2.24) is 4.57 Å². The van der Waals surface area contributed by atoms with Crippen LogP contribution >= 0.6 is 11.3 Å². The average Bonchev–Trinajstić information content (AvgIpc) is 3.40. The van der Waals surface area contributed by atoms with E-state index in [4.69, 9.17) is 9.47 Å². The molecule has 0 bridgehead atoms. The summed E-state index contributed by atoms with van der Waals surface area (Å²) in [5.74, 6) is -0.229. The molecule has 2 aromatic heterocycles.